The Morgan fingerprint density at radius 1 is 1.15 bits per heavy atom. The predicted molar refractivity (Wildman–Crippen MR) is 101 cm³/mol. The lowest BCUT2D eigenvalue weighted by atomic mass is 10.2. The van der Waals surface area contributed by atoms with Crippen LogP contribution in [0.1, 0.15) is 25.3 Å². The third-order valence-electron chi connectivity index (χ3n) is 4.52. The number of carbonyl (C=O) groups excluding carboxylic acids is 2. The molecule has 26 heavy (non-hydrogen) atoms. The van der Waals surface area contributed by atoms with Crippen LogP contribution < -0.4 is 9.64 Å². The molecule has 0 spiro atoms. The lowest BCUT2D eigenvalue weighted by Crippen LogP contribution is -2.37. The number of rotatable bonds is 6. The zero-order valence-electron chi connectivity index (χ0n) is 15.2. The van der Waals surface area contributed by atoms with Crippen LogP contribution in [0, 0.1) is 0 Å². The van der Waals surface area contributed by atoms with Gasteiger partial charge in [0.05, 0.1) is 0 Å². The molecule has 2 aromatic rings. The number of ether oxygens (including phenoxy) is 1. The molecule has 1 heterocycles. The topological polar surface area (TPSA) is 49.9 Å². The number of likely N-dealkylation sites (N-methyl/N-ethyl adjacent to an activating group) is 1. The monoisotopic (exact) mass is 352 g/mol. The third kappa shape index (κ3) is 4.23. The molecule has 136 valence electrons. The second-order valence-corrected chi connectivity index (χ2v) is 6.58. The van der Waals surface area contributed by atoms with E-state index in [4.69, 9.17) is 4.74 Å². The maximum absolute atomic E-state index is 12.5. The second kappa shape index (κ2) is 8.04. The minimum Gasteiger partial charge on any atom is -0.481 e. The Hall–Kier alpha value is -2.82. The Morgan fingerprint density at radius 2 is 1.85 bits per heavy atom. The van der Waals surface area contributed by atoms with Crippen molar-refractivity contribution >= 4 is 17.5 Å². The molecule has 0 aromatic heterocycles. The van der Waals surface area contributed by atoms with Gasteiger partial charge in [0.15, 0.2) is 6.10 Å². The normalized spacial score (nSPS) is 15.0. The van der Waals surface area contributed by atoms with E-state index in [1.54, 1.807) is 23.8 Å². The number of hydrogen-bond donors (Lipinski definition) is 0. The highest BCUT2D eigenvalue weighted by Crippen LogP contribution is 2.24. The van der Waals surface area contributed by atoms with Crippen molar-refractivity contribution in [1.82, 2.24) is 4.90 Å². The molecule has 1 aliphatic rings. The van der Waals surface area contributed by atoms with Gasteiger partial charge in [-0.2, -0.15) is 0 Å². The van der Waals surface area contributed by atoms with E-state index in [0.29, 0.717) is 18.7 Å². The molecule has 5 nitrogen and oxygen atoms in total. The molecule has 0 unspecified atom stereocenters. The first kappa shape index (κ1) is 18.0. The Bertz CT molecular complexity index is 759. The van der Waals surface area contributed by atoms with Gasteiger partial charge >= 0.3 is 0 Å². The van der Waals surface area contributed by atoms with Crippen molar-refractivity contribution < 1.29 is 14.3 Å². The van der Waals surface area contributed by atoms with Crippen LogP contribution >= 0.6 is 0 Å². The van der Waals surface area contributed by atoms with Crippen molar-refractivity contribution in [2.75, 3.05) is 18.5 Å². The Balaban J connectivity index is 1.57. The molecular weight excluding hydrogens is 328 g/mol. The third-order valence-corrected chi connectivity index (χ3v) is 4.52. The molecule has 1 saturated heterocycles. The smallest absolute Gasteiger partial charge is 0.263 e. The molecule has 3 rings (SSSR count). The minimum absolute atomic E-state index is 0.0762. The van der Waals surface area contributed by atoms with Gasteiger partial charge in [0.1, 0.15) is 5.75 Å². The van der Waals surface area contributed by atoms with E-state index in [-0.39, 0.29) is 11.8 Å². The molecule has 2 amide bonds. The molecular formula is C21H24N2O3. The SMILES string of the molecule is C[C@H](Oc1ccc(N2CCCC2=O)cc1)C(=O)N(C)Cc1ccccc1. The van der Waals surface area contributed by atoms with Gasteiger partial charge < -0.3 is 14.5 Å². The number of anilines is 1. The minimum atomic E-state index is -0.581. The first-order valence-corrected chi connectivity index (χ1v) is 8.90. The number of nitrogens with zero attached hydrogens (tertiary/aromatic N) is 2. The van der Waals surface area contributed by atoms with Crippen LogP contribution in [0.15, 0.2) is 54.6 Å². The molecule has 0 N–H and O–H groups in total. The predicted octanol–water partition coefficient (Wildman–Crippen LogP) is 3.24. The highest BCUT2D eigenvalue weighted by Gasteiger charge is 2.22. The summed E-state index contributed by atoms with van der Waals surface area (Å²) in [5.41, 5.74) is 1.95. The first-order valence-electron chi connectivity index (χ1n) is 8.90. The fourth-order valence-corrected chi connectivity index (χ4v) is 3.13. The lowest BCUT2D eigenvalue weighted by molar-refractivity contribution is -0.137. The van der Waals surface area contributed by atoms with Gasteiger partial charge in [-0.15, -0.1) is 0 Å². The van der Waals surface area contributed by atoms with E-state index in [9.17, 15) is 9.59 Å². The van der Waals surface area contributed by atoms with E-state index < -0.39 is 6.10 Å². The van der Waals surface area contributed by atoms with Crippen molar-refractivity contribution in [1.29, 1.82) is 0 Å². The number of amides is 2. The number of carbonyl (C=O) groups is 2. The molecule has 0 aliphatic carbocycles. The Labute approximate surface area is 154 Å². The maximum atomic E-state index is 12.5. The highest BCUT2D eigenvalue weighted by atomic mass is 16.5. The van der Waals surface area contributed by atoms with Gasteiger partial charge in [-0.3, -0.25) is 9.59 Å². The van der Waals surface area contributed by atoms with E-state index in [1.165, 1.54) is 0 Å². The summed E-state index contributed by atoms with van der Waals surface area (Å²) in [6.45, 7) is 3.06. The lowest BCUT2D eigenvalue weighted by Gasteiger charge is -2.22. The molecule has 0 bridgehead atoms. The standard InChI is InChI=1S/C21H24N2O3/c1-16(21(25)22(2)15-17-7-4-3-5-8-17)26-19-12-10-18(11-13-19)23-14-6-9-20(23)24/h3-5,7-8,10-13,16H,6,9,14-15H2,1-2H3/t16-/m0/s1. The fraction of sp³-hybridized carbons (Fsp3) is 0.333. The fourth-order valence-electron chi connectivity index (χ4n) is 3.13. The van der Waals surface area contributed by atoms with E-state index in [2.05, 4.69) is 0 Å². The van der Waals surface area contributed by atoms with Crippen molar-refractivity contribution in [2.24, 2.45) is 0 Å². The zero-order chi connectivity index (χ0) is 18.5. The zero-order valence-corrected chi connectivity index (χ0v) is 15.2. The molecule has 2 aromatic carbocycles. The molecule has 5 heteroatoms. The van der Waals surface area contributed by atoms with Crippen LogP contribution in [-0.4, -0.2) is 36.4 Å². The van der Waals surface area contributed by atoms with Crippen molar-refractivity contribution in [2.45, 2.75) is 32.4 Å². The molecule has 0 saturated carbocycles. The summed E-state index contributed by atoms with van der Waals surface area (Å²) in [5.74, 6) is 0.701. The summed E-state index contributed by atoms with van der Waals surface area (Å²) in [4.78, 5) is 27.8. The largest absolute Gasteiger partial charge is 0.481 e. The molecule has 0 radical (unpaired) electrons. The Kier molecular flexibility index (Phi) is 5.56. The van der Waals surface area contributed by atoms with Gasteiger partial charge in [-0.25, -0.2) is 0 Å². The average Bonchev–Trinajstić information content (AvgIpc) is 3.08. The maximum Gasteiger partial charge on any atom is 0.263 e. The van der Waals surface area contributed by atoms with Crippen LogP contribution in [-0.2, 0) is 16.1 Å². The van der Waals surface area contributed by atoms with Crippen LogP contribution in [0.5, 0.6) is 5.75 Å². The van der Waals surface area contributed by atoms with Gasteiger partial charge in [-0.05, 0) is 43.2 Å². The van der Waals surface area contributed by atoms with Crippen LogP contribution in [0.25, 0.3) is 0 Å². The first-order chi connectivity index (χ1) is 12.5. The summed E-state index contributed by atoms with van der Waals surface area (Å²) in [6.07, 6.45) is 0.927. The van der Waals surface area contributed by atoms with Crippen molar-refractivity contribution in [3.8, 4) is 5.75 Å². The van der Waals surface area contributed by atoms with Gasteiger partial charge in [-0.1, -0.05) is 30.3 Å². The van der Waals surface area contributed by atoms with Crippen LogP contribution in [0.4, 0.5) is 5.69 Å². The summed E-state index contributed by atoms with van der Waals surface area (Å²) >= 11 is 0. The number of benzene rings is 2. The average molecular weight is 352 g/mol. The highest BCUT2D eigenvalue weighted by molar-refractivity contribution is 5.95. The van der Waals surface area contributed by atoms with Crippen LogP contribution in [0.3, 0.4) is 0 Å². The molecule has 1 aliphatic heterocycles. The summed E-state index contributed by atoms with van der Waals surface area (Å²) in [6, 6.07) is 17.2. The molecule has 1 atom stereocenters. The Morgan fingerprint density at radius 3 is 2.46 bits per heavy atom. The van der Waals surface area contributed by atoms with Crippen molar-refractivity contribution in [3.63, 3.8) is 0 Å². The number of hydrogen-bond acceptors (Lipinski definition) is 3. The summed E-state index contributed by atoms with van der Waals surface area (Å²) in [7, 11) is 1.78. The van der Waals surface area contributed by atoms with Gasteiger partial charge in [0.2, 0.25) is 5.91 Å². The quantitative estimate of drug-likeness (QED) is 0.802. The summed E-state index contributed by atoms with van der Waals surface area (Å²) < 4.78 is 5.78. The second-order valence-electron chi connectivity index (χ2n) is 6.58. The summed E-state index contributed by atoms with van der Waals surface area (Å²) in [5, 5.41) is 0. The van der Waals surface area contributed by atoms with Crippen LogP contribution in [0.2, 0.25) is 0 Å². The van der Waals surface area contributed by atoms with E-state index >= 15 is 0 Å². The van der Waals surface area contributed by atoms with Gasteiger partial charge in [0, 0.05) is 32.2 Å². The van der Waals surface area contributed by atoms with Gasteiger partial charge in [0.25, 0.3) is 5.91 Å². The molecule has 1 fully saturated rings. The van der Waals surface area contributed by atoms with E-state index in [0.717, 1.165) is 24.2 Å². The van der Waals surface area contributed by atoms with E-state index in [1.807, 2.05) is 54.6 Å². The van der Waals surface area contributed by atoms with Crippen molar-refractivity contribution in [3.05, 3.63) is 60.2 Å².